The molecule has 0 bridgehead atoms. The molecule has 2 nitrogen and oxygen atoms in total. The van der Waals surface area contributed by atoms with Gasteiger partial charge in [0.2, 0.25) is 0 Å². The van der Waals surface area contributed by atoms with Crippen LogP contribution in [-0.4, -0.2) is 29.8 Å². The maximum atomic E-state index is 11.8. The van der Waals surface area contributed by atoms with Crippen molar-refractivity contribution < 1.29 is 36.2 Å². The number of carbonyl (C=O) groups is 1. The molecule has 14 heavy (non-hydrogen) atoms. The van der Waals surface area contributed by atoms with Crippen molar-refractivity contribution in [3.8, 4) is 0 Å². The molecule has 0 aliphatic rings. The zero-order valence-electron chi connectivity index (χ0n) is 6.56. The molecule has 0 fully saturated rings. The minimum atomic E-state index is -5.16. The van der Waals surface area contributed by atoms with Crippen molar-refractivity contribution in [3.63, 3.8) is 0 Å². The number of rotatable bonds is 3. The Morgan fingerprint density at radius 1 is 1.14 bits per heavy atom. The molecule has 0 aromatic carbocycles. The summed E-state index contributed by atoms with van der Waals surface area (Å²) >= 11 is 0. The van der Waals surface area contributed by atoms with Crippen LogP contribution in [0.15, 0.2) is 0 Å². The topological polar surface area (TPSA) is 37.3 Å². The molecular weight excluding hydrogens is 218 g/mol. The number of aliphatic hydroxyl groups is 1. The summed E-state index contributed by atoms with van der Waals surface area (Å²) in [6, 6.07) is 0. The summed E-state index contributed by atoms with van der Waals surface area (Å²) in [7, 11) is 0. The van der Waals surface area contributed by atoms with E-state index in [4.69, 9.17) is 5.11 Å². The van der Waals surface area contributed by atoms with Gasteiger partial charge in [0.15, 0.2) is 0 Å². The fourth-order valence-corrected chi connectivity index (χ4v) is 0.750. The zero-order chi connectivity index (χ0) is 11.6. The molecule has 0 rings (SSSR count). The Hall–Kier alpha value is -0.790. The Morgan fingerprint density at radius 3 is 1.79 bits per heavy atom. The molecule has 8 heteroatoms. The lowest BCUT2D eigenvalue weighted by Crippen LogP contribution is -2.38. The Labute approximate surface area is 74.5 Å². The van der Waals surface area contributed by atoms with E-state index < -0.39 is 37.1 Å². The lowest BCUT2D eigenvalue weighted by molar-refractivity contribution is -0.213. The third-order valence-electron chi connectivity index (χ3n) is 1.38. The molecule has 0 aliphatic heterocycles. The van der Waals surface area contributed by atoms with Crippen molar-refractivity contribution >= 4 is 6.29 Å². The molecule has 0 aliphatic carbocycles. The van der Waals surface area contributed by atoms with E-state index in [1.807, 2.05) is 0 Å². The van der Waals surface area contributed by atoms with Crippen LogP contribution in [0.2, 0.25) is 0 Å². The monoisotopic (exact) mass is 224 g/mol. The number of halogens is 6. The van der Waals surface area contributed by atoms with Crippen molar-refractivity contribution in [2.45, 2.75) is 24.9 Å². The van der Waals surface area contributed by atoms with Gasteiger partial charge in [-0.15, -0.1) is 0 Å². The van der Waals surface area contributed by atoms with Crippen LogP contribution < -0.4 is 0 Å². The predicted molar refractivity (Wildman–Crippen MR) is 32.3 cm³/mol. The van der Waals surface area contributed by atoms with E-state index in [2.05, 4.69) is 0 Å². The molecule has 2 atom stereocenters. The Balaban J connectivity index is 4.49. The van der Waals surface area contributed by atoms with Gasteiger partial charge in [0, 0.05) is 0 Å². The van der Waals surface area contributed by atoms with E-state index in [1.165, 1.54) is 0 Å². The van der Waals surface area contributed by atoms with Gasteiger partial charge in [-0.25, -0.2) is 0 Å². The lowest BCUT2D eigenvalue weighted by Gasteiger charge is -2.21. The molecule has 1 N–H and O–H groups in total. The summed E-state index contributed by atoms with van der Waals surface area (Å²) < 4.78 is 70.0. The highest BCUT2D eigenvalue weighted by molar-refractivity contribution is 5.55. The average Bonchev–Trinajstić information content (AvgIpc) is 1.79. The van der Waals surface area contributed by atoms with Crippen molar-refractivity contribution in [1.29, 1.82) is 0 Å². The molecule has 2 unspecified atom stereocenters. The van der Waals surface area contributed by atoms with E-state index >= 15 is 0 Å². The summed E-state index contributed by atoms with van der Waals surface area (Å²) in [5.41, 5.74) is 0. The standard InChI is InChI=1S/C6H6F6O2/c7-5(8,9)1-4(14)3(2-13)6(10,11)12/h2-4,14H,1H2. The quantitative estimate of drug-likeness (QED) is 0.584. The molecule has 0 heterocycles. The third-order valence-corrected chi connectivity index (χ3v) is 1.38. The maximum Gasteiger partial charge on any atom is 0.400 e. The first-order chi connectivity index (χ1) is 6.08. The van der Waals surface area contributed by atoms with Crippen LogP contribution in [0.3, 0.4) is 0 Å². The maximum absolute atomic E-state index is 11.8. The normalized spacial score (nSPS) is 17.6. The van der Waals surface area contributed by atoms with Crippen molar-refractivity contribution in [3.05, 3.63) is 0 Å². The van der Waals surface area contributed by atoms with Gasteiger partial charge < -0.3 is 9.90 Å². The molecule has 0 amide bonds. The Morgan fingerprint density at radius 2 is 1.57 bits per heavy atom. The van der Waals surface area contributed by atoms with Gasteiger partial charge in [0.1, 0.15) is 12.2 Å². The van der Waals surface area contributed by atoms with E-state index in [1.54, 1.807) is 0 Å². The van der Waals surface area contributed by atoms with Gasteiger partial charge in [-0.2, -0.15) is 26.3 Å². The molecular formula is C6H6F6O2. The Bertz CT molecular complexity index is 195. The van der Waals surface area contributed by atoms with Gasteiger partial charge in [-0.1, -0.05) is 0 Å². The molecule has 84 valence electrons. The van der Waals surface area contributed by atoms with E-state index in [-0.39, 0.29) is 0 Å². The first-order valence-corrected chi connectivity index (χ1v) is 3.34. The third kappa shape index (κ3) is 4.45. The molecule has 0 saturated carbocycles. The zero-order valence-corrected chi connectivity index (χ0v) is 6.56. The fraction of sp³-hybridized carbons (Fsp3) is 0.833. The number of aldehydes is 1. The first kappa shape index (κ1) is 13.2. The van der Waals surface area contributed by atoms with Crippen LogP contribution in [-0.2, 0) is 4.79 Å². The minimum absolute atomic E-state index is 0.740. The Kier molecular flexibility index (Phi) is 3.92. The smallest absolute Gasteiger partial charge is 0.392 e. The fourth-order valence-electron chi connectivity index (χ4n) is 0.750. The highest BCUT2D eigenvalue weighted by Gasteiger charge is 2.47. The summed E-state index contributed by atoms with van der Waals surface area (Å²) in [5.74, 6) is -3.00. The molecule has 0 radical (unpaired) electrons. The van der Waals surface area contributed by atoms with Crippen LogP contribution in [0.5, 0.6) is 0 Å². The summed E-state index contributed by atoms with van der Waals surface area (Å²) in [6.45, 7) is 0. The average molecular weight is 224 g/mol. The highest BCUT2D eigenvalue weighted by atomic mass is 19.4. The summed E-state index contributed by atoms with van der Waals surface area (Å²) in [6.07, 6.45) is -15.7. The SMILES string of the molecule is O=CC(C(O)CC(F)(F)F)C(F)(F)F. The molecule has 0 saturated heterocycles. The molecule has 0 aromatic heterocycles. The number of carbonyl (C=O) groups excluding carboxylic acids is 1. The summed E-state index contributed by atoms with van der Waals surface area (Å²) in [4.78, 5) is 9.83. The molecule has 0 spiro atoms. The summed E-state index contributed by atoms with van der Waals surface area (Å²) in [5, 5.41) is 8.51. The first-order valence-electron chi connectivity index (χ1n) is 3.34. The van der Waals surface area contributed by atoms with E-state index in [0.29, 0.717) is 0 Å². The van der Waals surface area contributed by atoms with E-state index in [0.717, 1.165) is 0 Å². The van der Waals surface area contributed by atoms with Gasteiger partial charge in [0.05, 0.1) is 12.5 Å². The second-order valence-electron chi connectivity index (χ2n) is 2.59. The van der Waals surface area contributed by atoms with Crippen molar-refractivity contribution in [2.75, 3.05) is 0 Å². The van der Waals surface area contributed by atoms with Crippen LogP contribution in [0.4, 0.5) is 26.3 Å². The second-order valence-corrected chi connectivity index (χ2v) is 2.59. The van der Waals surface area contributed by atoms with Gasteiger partial charge in [0.25, 0.3) is 0 Å². The van der Waals surface area contributed by atoms with Gasteiger partial charge in [-0.3, -0.25) is 0 Å². The largest absolute Gasteiger partial charge is 0.400 e. The number of hydrogen-bond acceptors (Lipinski definition) is 2. The van der Waals surface area contributed by atoms with Gasteiger partial charge >= 0.3 is 12.4 Å². The predicted octanol–water partition coefficient (Wildman–Crippen LogP) is 1.68. The van der Waals surface area contributed by atoms with Crippen molar-refractivity contribution in [2.24, 2.45) is 5.92 Å². The van der Waals surface area contributed by atoms with Crippen LogP contribution >= 0.6 is 0 Å². The number of hydrogen-bond donors (Lipinski definition) is 1. The second kappa shape index (κ2) is 4.16. The van der Waals surface area contributed by atoms with Crippen LogP contribution in [0.25, 0.3) is 0 Å². The molecule has 0 aromatic rings. The number of aliphatic hydroxyl groups excluding tert-OH is 1. The van der Waals surface area contributed by atoms with Gasteiger partial charge in [-0.05, 0) is 0 Å². The van der Waals surface area contributed by atoms with Crippen LogP contribution in [0.1, 0.15) is 6.42 Å². The minimum Gasteiger partial charge on any atom is -0.392 e. The number of alkyl halides is 6. The van der Waals surface area contributed by atoms with E-state index in [9.17, 15) is 31.1 Å². The van der Waals surface area contributed by atoms with Crippen molar-refractivity contribution in [1.82, 2.24) is 0 Å². The highest BCUT2D eigenvalue weighted by Crippen LogP contribution is 2.32. The van der Waals surface area contributed by atoms with Crippen LogP contribution in [0, 0.1) is 5.92 Å². The lowest BCUT2D eigenvalue weighted by atomic mass is 10.0.